The van der Waals surface area contributed by atoms with Gasteiger partial charge in [-0.2, -0.15) is 5.10 Å². The lowest BCUT2D eigenvalue weighted by molar-refractivity contribution is 0.730. The molecule has 102 valence electrons. The van der Waals surface area contributed by atoms with E-state index in [-0.39, 0.29) is 6.04 Å². The number of anilines is 1. The Labute approximate surface area is 117 Å². The Balaban J connectivity index is 2.02. The number of rotatable bonds is 3. The van der Waals surface area contributed by atoms with Crippen molar-refractivity contribution in [3.05, 3.63) is 48.4 Å². The molecule has 0 amide bonds. The molecule has 0 saturated carbocycles. The van der Waals surface area contributed by atoms with Gasteiger partial charge in [0.05, 0.1) is 17.6 Å². The van der Waals surface area contributed by atoms with Crippen LogP contribution in [0.1, 0.15) is 18.5 Å². The Morgan fingerprint density at radius 1 is 1.15 bits per heavy atom. The quantitative estimate of drug-likeness (QED) is 0.731. The van der Waals surface area contributed by atoms with Gasteiger partial charge in [-0.25, -0.2) is 9.97 Å². The smallest absolute Gasteiger partial charge is 0.163 e. The van der Waals surface area contributed by atoms with Crippen molar-refractivity contribution in [2.45, 2.75) is 13.0 Å². The van der Waals surface area contributed by atoms with E-state index in [0.717, 1.165) is 16.9 Å². The minimum atomic E-state index is 0.231. The van der Waals surface area contributed by atoms with Gasteiger partial charge in [-0.15, -0.1) is 0 Å². The topological polar surface area (TPSA) is 46.8 Å². The molecule has 0 radical (unpaired) electrons. The van der Waals surface area contributed by atoms with Gasteiger partial charge in [0.1, 0.15) is 12.1 Å². The standard InChI is InChI=1S/C15H17N5/c1-11(12-7-5-4-6-8-12)19(2)14-13-9-18-20(3)15(13)17-10-16-14/h4-11H,1-3H3/t11-/m1/s1. The summed E-state index contributed by atoms with van der Waals surface area (Å²) in [7, 11) is 3.94. The third-order valence-corrected chi connectivity index (χ3v) is 3.71. The first-order chi connectivity index (χ1) is 9.68. The van der Waals surface area contributed by atoms with Crippen LogP contribution in [0.5, 0.6) is 0 Å². The summed E-state index contributed by atoms with van der Waals surface area (Å²) in [6.07, 6.45) is 3.41. The van der Waals surface area contributed by atoms with Crippen LogP contribution >= 0.6 is 0 Å². The molecule has 20 heavy (non-hydrogen) atoms. The highest BCUT2D eigenvalue weighted by Crippen LogP contribution is 2.28. The predicted molar refractivity (Wildman–Crippen MR) is 79.6 cm³/mol. The normalized spacial score (nSPS) is 12.6. The van der Waals surface area contributed by atoms with E-state index >= 15 is 0 Å². The highest BCUT2D eigenvalue weighted by atomic mass is 15.3. The Morgan fingerprint density at radius 2 is 1.90 bits per heavy atom. The SMILES string of the molecule is C[C@H](c1ccccc1)N(C)c1ncnc2c1cnn2C. The number of hydrogen-bond acceptors (Lipinski definition) is 4. The highest BCUT2D eigenvalue weighted by molar-refractivity contribution is 5.86. The molecule has 2 heterocycles. The van der Waals surface area contributed by atoms with Crippen LogP contribution in [0.15, 0.2) is 42.9 Å². The Kier molecular flexibility index (Phi) is 3.10. The molecule has 0 fully saturated rings. The largest absolute Gasteiger partial charge is 0.352 e. The lowest BCUT2D eigenvalue weighted by Gasteiger charge is -2.26. The zero-order chi connectivity index (χ0) is 14.1. The van der Waals surface area contributed by atoms with Crippen molar-refractivity contribution in [1.82, 2.24) is 19.7 Å². The van der Waals surface area contributed by atoms with Crippen LogP contribution in [0, 0.1) is 0 Å². The van der Waals surface area contributed by atoms with Crippen molar-refractivity contribution < 1.29 is 0 Å². The van der Waals surface area contributed by atoms with Crippen molar-refractivity contribution in [3.8, 4) is 0 Å². The number of nitrogens with zero attached hydrogens (tertiary/aromatic N) is 5. The fraction of sp³-hybridized carbons (Fsp3) is 0.267. The third-order valence-electron chi connectivity index (χ3n) is 3.71. The molecule has 5 nitrogen and oxygen atoms in total. The van der Waals surface area contributed by atoms with E-state index in [2.05, 4.69) is 51.2 Å². The first-order valence-corrected chi connectivity index (χ1v) is 6.59. The molecule has 1 atom stereocenters. The Hall–Kier alpha value is -2.43. The fourth-order valence-corrected chi connectivity index (χ4v) is 2.37. The van der Waals surface area contributed by atoms with E-state index in [4.69, 9.17) is 0 Å². The molecular formula is C15H17N5. The molecule has 1 aromatic carbocycles. The zero-order valence-corrected chi connectivity index (χ0v) is 11.9. The summed E-state index contributed by atoms with van der Waals surface area (Å²) in [5.41, 5.74) is 2.10. The summed E-state index contributed by atoms with van der Waals surface area (Å²) in [6.45, 7) is 2.17. The average Bonchev–Trinajstić information content (AvgIpc) is 2.88. The first kappa shape index (κ1) is 12.6. The second kappa shape index (κ2) is 4.92. The van der Waals surface area contributed by atoms with Crippen molar-refractivity contribution >= 4 is 16.9 Å². The predicted octanol–water partition coefficient (Wildman–Crippen LogP) is 2.56. The van der Waals surface area contributed by atoms with Gasteiger partial charge < -0.3 is 4.90 Å². The van der Waals surface area contributed by atoms with Crippen molar-refractivity contribution in [2.24, 2.45) is 7.05 Å². The lowest BCUT2D eigenvalue weighted by atomic mass is 10.1. The first-order valence-electron chi connectivity index (χ1n) is 6.59. The number of aryl methyl sites for hydroxylation is 1. The summed E-state index contributed by atoms with van der Waals surface area (Å²) in [5, 5.41) is 5.23. The molecule has 0 aliphatic heterocycles. The molecule has 3 rings (SSSR count). The van der Waals surface area contributed by atoms with Crippen LogP contribution < -0.4 is 4.90 Å². The summed E-state index contributed by atoms with van der Waals surface area (Å²) in [6, 6.07) is 10.6. The lowest BCUT2D eigenvalue weighted by Crippen LogP contribution is -2.22. The van der Waals surface area contributed by atoms with Gasteiger partial charge in [-0.3, -0.25) is 4.68 Å². The van der Waals surface area contributed by atoms with Gasteiger partial charge in [-0.05, 0) is 12.5 Å². The molecule has 0 aliphatic rings. The molecule has 0 bridgehead atoms. The van der Waals surface area contributed by atoms with Gasteiger partial charge in [0, 0.05) is 14.1 Å². The summed E-state index contributed by atoms with van der Waals surface area (Å²) in [5.74, 6) is 0.902. The molecule has 2 aromatic heterocycles. The van der Waals surface area contributed by atoms with E-state index in [0.29, 0.717) is 0 Å². The van der Waals surface area contributed by atoms with Gasteiger partial charge in [0.2, 0.25) is 0 Å². The van der Waals surface area contributed by atoms with Crippen LogP contribution in [0.25, 0.3) is 11.0 Å². The minimum absolute atomic E-state index is 0.231. The van der Waals surface area contributed by atoms with E-state index in [1.54, 1.807) is 11.0 Å². The van der Waals surface area contributed by atoms with E-state index in [1.807, 2.05) is 26.4 Å². The third kappa shape index (κ3) is 2.01. The summed E-state index contributed by atoms with van der Waals surface area (Å²) in [4.78, 5) is 10.9. The molecule has 3 aromatic rings. The van der Waals surface area contributed by atoms with Crippen LogP contribution in [-0.2, 0) is 7.05 Å². The van der Waals surface area contributed by atoms with E-state index < -0.39 is 0 Å². The number of aromatic nitrogens is 4. The maximum atomic E-state index is 4.43. The molecule has 0 unspecified atom stereocenters. The van der Waals surface area contributed by atoms with Crippen LogP contribution in [0.3, 0.4) is 0 Å². The monoisotopic (exact) mass is 267 g/mol. The maximum Gasteiger partial charge on any atom is 0.163 e. The van der Waals surface area contributed by atoms with Crippen molar-refractivity contribution in [1.29, 1.82) is 0 Å². The van der Waals surface area contributed by atoms with Crippen molar-refractivity contribution in [3.63, 3.8) is 0 Å². The van der Waals surface area contributed by atoms with Crippen molar-refractivity contribution in [2.75, 3.05) is 11.9 Å². The Bertz CT molecular complexity index is 719. The van der Waals surface area contributed by atoms with Gasteiger partial charge in [-0.1, -0.05) is 30.3 Å². The second-order valence-electron chi connectivity index (χ2n) is 4.90. The number of fused-ring (bicyclic) bond motifs is 1. The van der Waals surface area contributed by atoms with Gasteiger partial charge >= 0.3 is 0 Å². The van der Waals surface area contributed by atoms with Gasteiger partial charge in [0.15, 0.2) is 5.65 Å². The molecule has 0 aliphatic carbocycles. The average molecular weight is 267 g/mol. The maximum absolute atomic E-state index is 4.43. The van der Waals surface area contributed by atoms with Crippen LogP contribution in [-0.4, -0.2) is 26.8 Å². The number of hydrogen-bond donors (Lipinski definition) is 0. The summed E-state index contributed by atoms with van der Waals surface area (Å²) >= 11 is 0. The molecular weight excluding hydrogens is 250 g/mol. The molecule has 0 spiro atoms. The minimum Gasteiger partial charge on any atom is -0.352 e. The second-order valence-corrected chi connectivity index (χ2v) is 4.90. The van der Waals surface area contributed by atoms with Crippen LogP contribution in [0.2, 0.25) is 0 Å². The fourth-order valence-electron chi connectivity index (χ4n) is 2.37. The Morgan fingerprint density at radius 3 is 2.65 bits per heavy atom. The zero-order valence-electron chi connectivity index (χ0n) is 11.9. The van der Waals surface area contributed by atoms with E-state index in [1.165, 1.54) is 5.56 Å². The summed E-state index contributed by atoms with van der Waals surface area (Å²) < 4.78 is 1.77. The van der Waals surface area contributed by atoms with E-state index in [9.17, 15) is 0 Å². The molecule has 0 N–H and O–H groups in total. The highest BCUT2D eigenvalue weighted by Gasteiger charge is 2.17. The van der Waals surface area contributed by atoms with Gasteiger partial charge in [0.25, 0.3) is 0 Å². The molecule has 0 saturated heterocycles. The van der Waals surface area contributed by atoms with Crippen LogP contribution in [0.4, 0.5) is 5.82 Å². The molecule has 5 heteroatoms. The number of benzene rings is 1.